The van der Waals surface area contributed by atoms with Crippen molar-refractivity contribution >= 4 is 51.6 Å². The van der Waals surface area contributed by atoms with Gasteiger partial charge < -0.3 is 29.4 Å². The first kappa shape index (κ1) is 50.3. The summed E-state index contributed by atoms with van der Waals surface area (Å²) in [6.45, 7) is 8.77. The molecule has 13 rings (SSSR count). The van der Waals surface area contributed by atoms with Crippen molar-refractivity contribution in [3.05, 3.63) is 300 Å². The molecule has 6 aromatic carbocycles. The van der Waals surface area contributed by atoms with Gasteiger partial charge in [0.1, 0.15) is 11.5 Å². The first-order chi connectivity index (χ1) is 40.2. The summed E-state index contributed by atoms with van der Waals surface area (Å²) in [4.78, 5) is 73.4. The molecule has 14 nitrogen and oxygen atoms in total. The van der Waals surface area contributed by atoms with Gasteiger partial charge in [0.2, 0.25) is 0 Å². The van der Waals surface area contributed by atoms with Gasteiger partial charge in [-0.15, -0.1) is 0 Å². The number of benzene rings is 6. The van der Waals surface area contributed by atoms with Crippen LogP contribution in [0.3, 0.4) is 0 Å². The fraction of sp³-hybridized carbons (Fsp3) is 0.0882. The van der Waals surface area contributed by atoms with Crippen LogP contribution in [-0.4, -0.2) is 79.7 Å². The van der Waals surface area contributed by atoms with Crippen LogP contribution < -0.4 is 30.9 Å². The number of aromatic nitrogens is 4. The number of nitrogens with zero attached hydrogens (tertiary/aromatic N) is 4. The van der Waals surface area contributed by atoms with Crippen LogP contribution in [0, 0.1) is 17.9 Å². The Kier molecular flexibility index (Phi) is 13.0. The molecule has 0 atom stereocenters. The van der Waals surface area contributed by atoms with Gasteiger partial charge in [-0.2, -0.15) is 5.26 Å². The Bertz CT molecular complexity index is 4200. The van der Waals surface area contributed by atoms with Gasteiger partial charge in [-0.25, -0.2) is 4.85 Å². The van der Waals surface area contributed by atoms with Gasteiger partial charge in [0.05, 0.1) is 53.7 Å². The van der Waals surface area contributed by atoms with Crippen molar-refractivity contribution in [1.82, 2.24) is 29.7 Å². The van der Waals surface area contributed by atoms with Gasteiger partial charge in [-0.05, 0) is 144 Å². The van der Waals surface area contributed by atoms with E-state index in [1.165, 1.54) is 9.80 Å². The summed E-state index contributed by atoms with van der Waals surface area (Å²) in [6, 6.07) is 63.4. The lowest BCUT2D eigenvalue weighted by atomic mass is 10.0. The fourth-order valence-corrected chi connectivity index (χ4v) is 11.1. The number of nitrogens with one attached hydrogen (secondary N) is 4. The van der Waals surface area contributed by atoms with E-state index < -0.39 is 0 Å². The number of hydrogen-bond donors (Lipinski definition) is 4. The average molecular weight is 1070 g/mol. The normalized spacial score (nSPS) is 13.6. The molecule has 3 aliphatic heterocycles. The van der Waals surface area contributed by atoms with Gasteiger partial charge in [-0.3, -0.25) is 29.0 Å². The standard InChI is InChI=1S/C68H48N8O6/c1-70-46-22-16-43(17-23-46)62-55-30-34-59(73-55)63(44-18-24-47(25-19-44)81-38-6-36-75-65(77)49-8-2-3-9-50(49)66(75)78)57-32-28-53(71-57)61(42-14-12-41(40-69)13-15-42)54-29-33-58(72-54)64(60-35-31-56(62)74-60)45-20-26-48(27-21-45)82-39-7-37-76-67(79)51-10-4-5-11-52(51)68(76)80/h2-5,8-35,71-74H,6-7,36-39H2. The first-order valence-electron chi connectivity index (χ1n) is 26.8. The molecule has 4 aromatic heterocycles. The quantitative estimate of drug-likeness (QED) is 0.0476. The van der Waals surface area contributed by atoms with Crippen LogP contribution in [0.2, 0.25) is 0 Å². The maximum Gasteiger partial charge on any atom is 0.261 e. The van der Waals surface area contributed by atoms with Crippen LogP contribution in [0.1, 0.15) is 105 Å². The average Bonchev–Trinajstić information content (AvgIpc) is 4.46. The van der Waals surface area contributed by atoms with Crippen LogP contribution >= 0.6 is 0 Å². The highest BCUT2D eigenvalue weighted by Crippen LogP contribution is 2.31. The molecule has 0 aliphatic carbocycles. The van der Waals surface area contributed by atoms with Crippen LogP contribution in [0.15, 0.2) is 194 Å². The van der Waals surface area contributed by atoms with Crippen LogP contribution in [0.5, 0.6) is 11.5 Å². The van der Waals surface area contributed by atoms with E-state index in [1.807, 2.05) is 97.1 Å². The smallest absolute Gasteiger partial charge is 0.261 e. The number of amides is 4. The number of hydrogen-bond acceptors (Lipinski definition) is 7. The van der Waals surface area contributed by atoms with E-state index in [0.29, 0.717) is 71.1 Å². The topological polar surface area (TPSA) is 185 Å². The highest BCUT2D eigenvalue weighted by atomic mass is 16.5. The molecule has 0 saturated carbocycles. The second-order valence-electron chi connectivity index (χ2n) is 20.1. The van der Waals surface area contributed by atoms with E-state index in [4.69, 9.17) is 16.0 Å². The molecule has 0 unspecified atom stereocenters. The second-order valence-corrected chi connectivity index (χ2v) is 20.1. The Labute approximate surface area is 469 Å². The van der Waals surface area contributed by atoms with Crippen LogP contribution in [0.4, 0.5) is 5.69 Å². The molecule has 0 spiro atoms. The van der Waals surface area contributed by atoms with Crippen molar-refractivity contribution in [2.45, 2.75) is 12.8 Å². The third kappa shape index (κ3) is 9.25. The van der Waals surface area contributed by atoms with Gasteiger partial charge in [0, 0.05) is 79.6 Å². The monoisotopic (exact) mass is 1070 g/mol. The number of ether oxygens (including phenoxy) is 2. The van der Waals surface area contributed by atoms with E-state index in [2.05, 4.69) is 79.4 Å². The van der Waals surface area contributed by atoms with E-state index in [1.54, 1.807) is 48.5 Å². The number of fused-ring (bicyclic) bond motifs is 10. The maximum absolute atomic E-state index is 13.0. The van der Waals surface area contributed by atoms with E-state index >= 15 is 0 Å². The summed E-state index contributed by atoms with van der Waals surface area (Å²) in [5.41, 5.74) is 13.1. The third-order valence-electron chi connectivity index (χ3n) is 15.1. The minimum atomic E-state index is -0.287. The van der Waals surface area contributed by atoms with Gasteiger partial charge >= 0.3 is 0 Å². The summed E-state index contributed by atoms with van der Waals surface area (Å²) < 4.78 is 12.4. The number of carbonyl (C=O) groups excluding carboxylic acids is 4. The molecule has 10 aromatic rings. The zero-order valence-corrected chi connectivity index (χ0v) is 44.0. The predicted molar refractivity (Wildman–Crippen MR) is 309 cm³/mol. The molecule has 14 heteroatoms. The fourth-order valence-electron chi connectivity index (χ4n) is 11.1. The van der Waals surface area contributed by atoms with Crippen molar-refractivity contribution in [2.75, 3.05) is 26.3 Å². The van der Waals surface area contributed by atoms with E-state index in [-0.39, 0.29) is 36.7 Å². The molecule has 8 bridgehead atoms. The first-order valence-corrected chi connectivity index (χ1v) is 26.8. The molecule has 4 N–H and O–H groups in total. The van der Waals surface area contributed by atoms with E-state index in [0.717, 1.165) is 88.7 Å². The summed E-state index contributed by atoms with van der Waals surface area (Å²) in [5.74, 6) is 0.119. The largest absolute Gasteiger partial charge is 0.494 e. The summed E-state index contributed by atoms with van der Waals surface area (Å²) in [6.07, 6.45) is 0.916. The highest BCUT2D eigenvalue weighted by molar-refractivity contribution is 6.22. The Morgan fingerprint density at radius 2 is 0.720 bits per heavy atom. The molecule has 4 amide bonds. The summed E-state index contributed by atoms with van der Waals surface area (Å²) in [5, 5.41) is 13.1. The van der Waals surface area contributed by atoms with Crippen molar-refractivity contribution in [1.29, 1.82) is 5.26 Å². The molecular weight excluding hydrogens is 1020 g/mol. The zero-order valence-electron chi connectivity index (χ0n) is 44.0. The third-order valence-corrected chi connectivity index (χ3v) is 15.1. The lowest BCUT2D eigenvalue weighted by Crippen LogP contribution is -2.31. The number of H-pyrrole nitrogens is 4. The minimum Gasteiger partial charge on any atom is -0.494 e. The number of aromatic amines is 4. The molecule has 82 heavy (non-hydrogen) atoms. The number of carbonyl (C=O) groups is 4. The molecule has 7 heterocycles. The Balaban J connectivity index is 0.877. The van der Waals surface area contributed by atoms with Crippen molar-refractivity contribution < 1.29 is 28.7 Å². The minimum absolute atomic E-state index is 0.239. The van der Waals surface area contributed by atoms with Crippen molar-refractivity contribution in [3.63, 3.8) is 0 Å². The number of rotatable bonds is 14. The van der Waals surface area contributed by atoms with Gasteiger partial charge in [0.15, 0.2) is 5.69 Å². The van der Waals surface area contributed by atoms with Gasteiger partial charge in [0.25, 0.3) is 23.6 Å². The lowest BCUT2D eigenvalue weighted by Gasteiger charge is -2.14. The molecule has 0 radical (unpaired) electrons. The van der Waals surface area contributed by atoms with Crippen LogP contribution in [-0.2, 0) is 0 Å². The summed E-state index contributed by atoms with van der Waals surface area (Å²) >= 11 is 0. The second kappa shape index (κ2) is 21.2. The number of nitriles is 1. The van der Waals surface area contributed by atoms with Crippen molar-refractivity contribution in [3.8, 4) is 17.6 Å². The lowest BCUT2D eigenvalue weighted by molar-refractivity contribution is 0.0630. The Morgan fingerprint density at radius 1 is 0.402 bits per heavy atom. The number of imide groups is 2. The maximum atomic E-state index is 13.0. The molecule has 0 saturated heterocycles. The zero-order chi connectivity index (χ0) is 55.8. The highest BCUT2D eigenvalue weighted by Gasteiger charge is 2.36. The van der Waals surface area contributed by atoms with Gasteiger partial charge in [-0.1, -0.05) is 84.9 Å². The van der Waals surface area contributed by atoms with Crippen LogP contribution in [0.25, 0.3) is 27.1 Å². The van der Waals surface area contributed by atoms with E-state index in [9.17, 15) is 24.4 Å². The van der Waals surface area contributed by atoms with Crippen molar-refractivity contribution in [2.24, 2.45) is 0 Å². The molecule has 396 valence electrons. The molecule has 3 aliphatic rings. The Hall–Kier alpha value is -11.2. The molecule has 0 fully saturated rings. The predicted octanol–water partition coefficient (Wildman–Crippen LogP) is 8.85. The summed E-state index contributed by atoms with van der Waals surface area (Å²) in [7, 11) is 0. The molecular formula is C68H48N8O6. The Morgan fingerprint density at radius 3 is 1.04 bits per heavy atom. The SMILES string of the molecule is [C-]#[N+]c1ccc(C2=c3ccc([nH]3)=C(c3ccc(OCCCN4C(=O)c5ccccc5C4=O)cc3)c3ccc([nH]3)C(c3ccc(C#N)cc3)=c3ccc([nH]3)=C(c3ccc(OCCCN4C(=O)c5ccccc5C4=O)cc3)c3ccc2[nH]3)cc1.